The van der Waals surface area contributed by atoms with Crippen molar-refractivity contribution < 1.29 is 22.5 Å². The van der Waals surface area contributed by atoms with Gasteiger partial charge >= 0.3 is 6.18 Å². The number of carbonyl (C=O) groups excluding carboxylic acids is 1. The SMILES string of the molecule is NC(=O)c1nocc1CC(F)(F)F. The van der Waals surface area contributed by atoms with Gasteiger partial charge in [0, 0.05) is 5.56 Å². The summed E-state index contributed by atoms with van der Waals surface area (Å²) in [6.07, 6.45) is -4.92. The molecule has 0 aliphatic carbocycles. The zero-order chi connectivity index (χ0) is 10.1. The number of hydrogen-bond acceptors (Lipinski definition) is 3. The predicted molar refractivity (Wildman–Crippen MR) is 34.8 cm³/mol. The lowest BCUT2D eigenvalue weighted by Gasteiger charge is -2.03. The van der Waals surface area contributed by atoms with E-state index in [1.165, 1.54) is 0 Å². The second-order valence-corrected chi connectivity index (χ2v) is 2.34. The second kappa shape index (κ2) is 3.08. The quantitative estimate of drug-likeness (QED) is 0.759. The maximum Gasteiger partial charge on any atom is 0.393 e. The fraction of sp³-hybridized carbons (Fsp3) is 0.333. The summed E-state index contributed by atoms with van der Waals surface area (Å²) in [5.74, 6) is -1.03. The number of alkyl halides is 3. The van der Waals surface area contributed by atoms with Crippen molar-refractivity contribution in [2.24, 2.45) is 5.73 Å². The van der Waals surface area contributed by atoms with E-state index in [9.17, 15) is 18.0 Å². The first-order chi connectivity index (χ1) is 5.90. The molecule has 0 unspecified atom stereocenters. The van der Waals surface area contributed by atoms with Gasteiger partial charge in [-0.1, -0.05) is 5.16 Å². The lowest BCUT2D eigenvalue weighted by Crippen LogP contribution is -2.18. The molecule has 4 nitrogen and oxygen atoms in total. The van der Waals surface area contributed by atoms with E-state index in [4.69, 9.17) is 5.73 Å². The van der Waals surface area contributed by atoms with Crippen LogP contribution in [0, 0.1) is 0 Å². The molecule has 1 heterocycles. The van der Waals surface area contributed by atoms with Crippen molar-refractivity contribution >= 4 is 5.91 Å². The van der Waals surface area contributed by atoms with Crippen LogP contribution in [-0.2, 0) is 6.42 Å². The van der Waals surface area contributed by atoms with Crippen molar-refractivity contribution in [3.63, 3.8) is 0 Å². The van der Waals surface area contributed by atoms with Crippen molar-refractivity contribution in [2.75, 3.05) is 0 Å². The Kier molecular flexibility index (Phi) is 2.26. The van der Waals surface area contributed by atoms with Gasteiger partial charge in [0.05, 0.1) is 6.42 Å². The molecule has 13 heavy (non-hydrogen) atoms. The van der Waals surface area contributed by atoms with Crippen LogP contribution in [-0.4, -0.2) is 17.2 Å². The Balaban J connectivity index is 2.89. The molecule has 0 spiro atoms. The van der Waals surface area contributed by atoms with E-state index in [0.717, 1.165) is 6.26 Å². The van der Waals surface area contributed by atoms with Crippen molar-refractivity contribution in [1.29, 1.82) is 0 Å². The van der Waals surface area contributed by atoms with E-state index >= 15 is 0 Å². The zero-order valence-corrected chi connectivity index (χ0v) is 6.26. The monoisotopic (exact) mass is 194 g/mol. The summed E-state index contributed by atoms with van der Waals surface area (Å²) in [7, 11) is 0. The molecule has 0 aliphatic rings. The number of primary amides is 1. The fourth-order valence-electron chi connectivity index (χ4n) is 0.802. The van der Waals surface area contributed by atoms with Crippen LogP contribution in [0.1, 0.15) is 16.1 Å². The molecule has 0 fully saturated rings. The highest BCUT2D eigenvalue weighted by Crippen LogP contribution is 2.22. The van der Waals surface area contributed by atoms with Gasteiger partial charge in [0.25, 0.3) is 5.91 Å². The molecular formula is C6H5F3N2O2. The molecule has 1 amide bonds. The van der Waals surface area contributed by atoms with Gasteiger partial charge in [-0.25, -0.2) is 0 Å². The average Bonchev–Trinajstić information content (AvgIpc) is 2.31. The molecule has 72 valence electrons. The standard InChI is InChI=1S/C6H5F3N2O2/c7-6(8,9)1-3-2-13-11-4(3)5(10)12/h2H,1H2,(H2,10,12). The summed E-state index contributed by atoms with van der Waals surface area (Å²) in [5.41, 5.74) is 3.93. The third-order valence-corrected chi connectivity index (χ3v) is 1.27. The van der Waals surface area contributed by atoms with Crippen molar-refractivity contribution in [1.82, 2.24) is 5.16 Å². The molecule has 0 radical (unpaired) electrons. The zero-order valence-electron chi connectivity index (χ0n) is 6.26. The van der Waals surface area contributed by atoms with Gasteiger partial charge in [-0.2, -0.15) is 13.2 Å². The summed E-state index contributed by atoms with van der Waals surface area (Å²) < 4.78 is 39.7. The normalized spacial score (nSPS) is 11.6. The average molecular weight is 194 g/mol. The number of halogens is 3. The van der Waals surface area contributed by atoms with Gasteiger partial charge in [0.1, 0.15) is 6.26 Å². The molecule has 0 saturated carbocycles. The summed E-state index contributed by atoms with van der Waals surface area (Å²) in [6, 6.07) is 0. The largest absolute Gasteiger partial charge is 0.393 e. The van der Waals surface area contributed by atoms with Gasteiger partial charge in [0.2, 0.25) is 0 Å². The van der Waals surface area contributed by atoms with E-state index < -0.39 is 24.2 Å². The van der Waals surface area contributed by atoms with Crippen LogP contribution in [0.15, 0.2) is 10.8 Å². The molecular weight excluding hydrogens is 189 g/mol. The third kappa shape index (κ3) is 2.46. The molecule has 0 aliphatic heterocycles. The third-order valence-electron chi connectivity index (χ3n) is 1.27. The van der Waals surface area contributed by atoms with E-state index in [1.54, 1.807) is 0 Å². The Morgan fingerprint density at radius 2 is 2.23 bits per heavy atom. The van der Waals surface area contributed by atoms with E-state index in [-0.39, 0.29) is 5.56 Å². The summed E-state index contributed by atoms with van der Waals surface area (Å²) in [5, 5.41) is 3.05. The number of hydrogen-bond donors (Lipinski definition) is 1. The van der Waals surface area contributed by atoms with Crippen molar-refractivity contribution in [2.45, 2.75) is 12.6 Å². The van der Waals surface area contributed by atoms with Crippen LogP contribution in [0.4, 0.5) is 13.2 Å². The fourth-order valence-corrected chi connectivity index (χ4v) is 0.802. The highest BCUT2D eigenvalue weighted by atomic mass is 19.4. The Morgan fingerprint density at radius 3 is 2.69 bits per heavy atom. The Bertz CT molecular complexity index is 318. The molecule has 0 aromatic carbocycles. The van der Waals surface area contributed by atoms with Crippen molar-refractivity contribution in [3.05, 3.63) is 17.5 Å². The number of carbonyl (C=O) groups is 1. The molecule has 1 aromatic rings. The minimum Gasteiger partial charge on any atom is -0.364 e. The number of nitrogens with two attached hydrogens (primary N) is 1. The van der Waals surface area contributed by atoms with Crippen molar-refractivity contribution in [3.8, 4) is 0 Å². The molecule has 7 heteroatoms. The topological polar surface area (TPSA) is 69.1 Å². The first kappa shape index (κ1) is 9.56. The minimum absolute atomic E-state index is 0.347. The van der Waals surface area contributed by atoms with Gasteiger partial charge < -0.3 is 10.3 Å². The Labute approximate surface area is 70.5 Å². The van der Waals surface area contributed by atoms with Crippen LogP contribution in [0.5, 0.6) is 0 Å². The maximum atomic E-state index is 11.8. The van der Waals surface area contributed by atoms with Crippen LogP contribution in [0.25, 0.3) is 0 Å². The summed E-state index contributed by atoms with van der Waals surface area (Å²) >= 11 is 0. The first-order valence-electron chi connectivity index (χ1n) is 3.20. The first-order valence-corrected chi connectivity index (χ1v) is 3.20. The van der Waals surface area contributed by atoms with Gasteiger partial charge in [-0.3, -0.25) is 4.79 Å². The predicted octanol–water partition coefficient (Wildman–Crippen LogP) is 0.878. The minimum atomic E-state index is -4.41. The number of nitrogens with zero attached hydrogens (tertiary/aromatic N) is 1. The molecule has 1 rings (SSSR count). The number of aromatic nitrogens is 1. The van der Waals surface area contributed by atoms with Gasteiger partial charge in [0.15, 0.2) is 5.69 Å². The highest BCUT2D eigenvalue weighted by molar-refractivity contribution is 5.92. The Morgan fingerprint density at radius 1 is 1.62 bits per heavy atom. The summed E-state index contributed by atoms with van der Waals surface area (Å²) in [4.78, 5) is 10.5. The molecule has 0 saturated heterocycles. The van der Waals surface area contributed by atoms with Crippen LogP contribution in [0.3, 0.4) is 0 Å². The van der Waals surface area contributed by atoms with Gasteiger partial charge in [-0.05, 0) is 0 Å². The number of rotatable bonds is 2. The lowest BCUT2D eigenvalue weighted by atomic mass is 10.2. The van der Waals surface area contributed by atoms with E-state index in [1.807, 2.05) is 0 Å². The highest BCUT2D eigenvalue weighted by Gasteiger charge is 2.31. The van der Waals surface area contributed by atoms with Crippen LogP contribution in [0.2, 0.25) is 0 Å². The van der Waals surface area contributed by atoms with E-state index in [0.29, 0.717) is 0 Å². The second-order valence-electron chi connectivity index (χ2n) is 2.34. The molecule has 1 aromatic heterocycles. The molecule has 0 bridgehead atoms. The molecule has 0 atom stereocenters. The van der Waals surface area contributed by atoms with Gasteiger partial charge in [-0.15, -0.1) is 0 Å². The van der Waals surface area contributed by atoms with Crippen LogP contribution >= 0.6 is 0 Å². The molecule has 2 N–H and O–H groups in total. The summed E-state index contributed by atoms with van der Waals surface area (Å²) in [6.45, 7) is 0. The number of amides is 1. The Hall–Kier alpha value is -1.53. The lowest BCUT2D eigenvalue weighted by molar-refractivity contribution is -0.127. The smallest absolute Gasteiger partial charge is 0.364 e. The van der Waals surface area contributed by atoms with Crippen LogP contribution < -0.4 is 5.73 Å². The maximum absolute atomic E-state index is 11.8. The van der Waals surface area contributed by atoms with E-state index in [2.05, 4.69) is 9.68 Å².